The number of anilines is 1. The molecule has 1 fully saturated rings. The summed E-state index contributed by atoms with van der Waals surface area (Å²) in [5.74, 6) is 0.138. The first kappa shape index (κ1) is 20.1. The summed E-state index contributed by atoms with van der Waals surface area (Å²) in [5, 5.41) is 2.81. The summed E-state index contributed by atoms with van der Waals surface area (Å²) in [6, 6.07) is 14.1. The number of ether oxygens (including phenoxy) is 1. The first-order chi connectivity index (χ1) is 13.4. The van der Waals surface area contributed by atoms with Crippen LogP contribution in [0.25, 0.3) is 6.08 Å². The Labute approximate surface area is 173 Å². The van der Waals surface area contributed by atoms with E-state index in [0.717, 1.165) is 11.1 Å². The normalized spacial score (nSPS) is 16.4. The van der Waals surface area contributed by atoms with E-state index in [1.807, 2.05) is 37.3 Å². The van der Waals surface area contributed by atoms with Gasteiger partial charge in [-0.05, 0) is 55.3 Å². The highest BCUT2D eigenvalue weighted by atomic mass is 32.2. The number of thioether (sulfide) groups is 1. The van der Waals surface area contributed by atoms with Crippen LogP contribution in [0.2, 0.25) is 0 Å². The predicted molar refractivity (Wildman–Crippen MR) is 117 cm³/mol. The van der Waals surface area contributed by atoms with E-state index in [9.17, 15) is 9.59 Å². The van der Waals surface area contributed by atoms with E-state index in [0.29, 0.717) is 20.7 Å². The van der Waals surface area contributed by atoms with E-state index in [2.05, 4.69) is 5.32 Å². The maximum absolute atomic E-state index is 12.9. The number of amides is 2. The minimum absolute atomic E-state index is 0.254. The van der Waals surface area contributed by atoms with Gasteiger partial charge in [0.2, 0.25) is 5.91 Å². The van der Waals surface area contributed by atoms with E-state index in [1.165, 1.54) is 16.7 Å². The van der Waals surface area contributed by atoms with Gasteiger partial charge in [0.25, 0.3) is 5.91 Å². The predicted octanol–water partition coefficient (Wildman–Crippen LogP) is 4.23. The summed E-state index contributed by atoms with van der Waals surface area (Å²) in [5.41, 5.74) is 2.65. The van der Waals surface area contributed by atoms with E-state index in [1.54, 1.807) is 38.3 Å². The largest absolute Gasteiger partial charge is 0.497 e. The summed E-state index contributed by atoms with van der Waals surface area (Å²) < 4.78 is 5.49. The second-order valence-corrected chi connectivity index (χ2v) is 7.98. The minimum atomic E-state index is -0.725. The van der Waals surface area contributed by atoms with Gasteiger partial charge in [-0.25, -0.2) is 0 Å². The van der Waals surface area contributed by atoms with Crippen LogP contribution in [0.1, 0.15) is 18.1 Å². The van der Waals surface area contributed by atoms with Crippen LogP contribution in [0.5, 0.6) is 5.75 Å². The van der Waals surface area contributed by atoms with E-state index >= 15 is 0 Å². The molecule has 2 aromatic carbocycles. The van der Waals surface area contributed by atoms with Gasteiger partial charge in [-0.15, -0.1) is 0 Å². The highest BCUT2D eigenvalue weighted by Crippen LogP contribution is 2.34. The Morgan fingerprint density at radius 2 is 1.89 bits per heavy atom. The van der Waals surface area contributed by atoms with Gasteiger partial charge in [0.15, 0.2) is 0 Å². The number of nitrogens with one attached hydrogen (secondary N) is 1. The molecule has 2 aromatic rings. The van der Waals surface area contributed by atoms with Crippen molar-refractivity contribution in [3.05, 3.63) is 64.6 Å². The molecule has 5 nitrogen and oxygen atoms in total. The zero-order chi connectivity index (χ0) is 20.3. The van der Waals surface area contributed by atoms with Gasteiger partial charge in [-0.1, -0.05) is 48.2 Å². The Kier molecular flexibility index (Phi) is 6.16. The Balaban J connectivity index is 1.75. The highest BCUT2D eigenvalue weighted by Gasteiger charge is 2.38. The Morgan fingerprint density at radius 1 is 1.21 bits per heavy atom. The van der Waals surface area contributed by atoms with Crippen molar-refractivity contribution in [2.75, 3.05) is 12.4 Å². The molecule has 1 atom stereocenters. The molecule has 2 amide bonds. The zero-order valence-corrected chi connectivity index (χ0v) is 17.4. The fourth-order valence-corrected chi connectivity index (χ4v) is 4.15. The van der Waals surface area contributed by atoms with Crippen LogP contribution in [-0.2, 0) is 9.59 Å². The fourth-order valence-electron chi connectivity index (χ4n) is 2.74. The number of methoxy groups -OCH3 is 1. The Hall–Kier alpha value is -2.64. The lowest BCUT2D eigenvalue weighted by Crippen LogP contribution is -2.44. The first-order valence-electron chi connectivity index (χ1n) is 8.68. The van der Waals surface area contributed by atoms with Crippen molar-refractivity contribution >= 4 is 51.9 Å². The molecule has 3 rings (SSSR count). The molecule has 0 radical (unpaired) electrons. The molecule has 1 unspecified atom stereocenters. The first-order valence-corrected chi connectivity index (χ1v) is 9.91. The molecule has 1 saturated heterocycles. The lowest BCUT2D eigenvalue weighted by Gasteiger charge is -2.22. The van der Waals surface area contributed by atoms with Gasteiger partial charge >= 0.3 is 0 Å². The quantitative estimate of drug-likeness (QED) is 0.588. The number of aryl methyl sites for hydroxylation is 1. The van der Waals surface area contributed by atoms with Crippen molar-refractivity contribution in [3.8, 4) is 5.75 Å². The second kappa shape index (κ2) is 8.58. The molecule has 0 spiro atoms. The summed E-state index contributed by atoms with van der Waals surface area (Å²) in [7, 11) is 1.58. The van der Waals surface area contributed by atoms with Gasteiger partial charge in [0.05, 0.1) is 12.0 Å². The molecule has 1 heterocycles. The van der Waals surface area contributed by atoms with Gasteiger partial charge in [0.1, 0.15) is 16.1 Å². The van der Waals surface area contributed by atoms with Crippen LogP contribution in [0.3, 0.4) is 0 Å². The van der Waals surface area contributed by atoms with Crippen molar-refractivity contribution in [1.82, 2.24) is 4.90 Å². The van der Waals surface area contributed by atoms with Crippen LogP contribution in [0, 0.1) is 6.92 Å². The standard InChI is InChI=1S/C21H20N2O3S2/c1-13-6-4-5-7-15(13)12-18-20(25)23(21(27)28-18)14(2)19(24)22-16-8-10-17(26-3)11-9-16/h4-12,14H,1-3H3,(H,22,24)/b18-12-. The topological polar surface area (TPSA) is 58.6 Å². The molecule has 0 bridgehead atoms. The van der Waals surface area contributed by atoms with Gasteiger partial charge in [-0.2, -0.15) is 0 Å². The van der Waals surface area contributed by atoms with Crippen molar-refractivity contribution in [3.63, 3.8) is 0 Å². The van der Waals surface area contributed by atoms with Gasteiger partial charge in [-0.3, -0.25) is 14.5 Å². The smallest absolute Gasteiger partial charge is 0.266 e. The zero-order valence-electron chi connectivity index (χ0n) is 15.8. The average Bonchev–Trinajstić information content (AvgIpc) is 2.96. The second-order valence-electron chi connectivity index (χ2n) is 6.30. The third-order valence-electron chi connectivity index (χ3n) is 4.42. The van der Waals surface area contributed by atoms with Crippen LogP contribution < -0.4 is 10.1 Å². The van der Waals surface area contributed by atoms with E-state index < -0.39 is 6.04 Å². The number of benzene rings is 2. The highest BCUT2D eigenvalue weighted by molar-refractivity contribution is 8.26. The van der Waals surface area contributed by atoms with Crippen LogP contribution in [-0.4, -0.2) is 34.2 Å². The number of carbonyl (C=O) groups is 2. The summed E-state index contributed by atoms with van der Waals surface area (Å²) in [6.45, 7) is 3.65. The number of thiocarbonyl (C=S) groups is 1. The summed E-state index contributed by atoms with van der Waals surface area (Å²) in [6.07, 6.45) is 1.82. The molecule has 0 aliphatic carbocycles. The van der Waals surface area contributed by atoms with Crippen molar-refractivity contribution in [2.45, 2.75) is 19.9 Å². The Bertz CT molecular complexity index is 954. The summed E-state index contributed by atoms with van der Waals surface area (Å²) in [4.78, 5) is 27.4. The van der Waals surface area contributed by atoms with Crippen molar-refractivity contribution in [1.29, 1.82) is 0 Å². The third-order valence-corrected chi connectivity index (χ3v) is 5.75. The van der Waals surface area contributed by atoms with E-state index in [4.69, 9.17) is 17.0 Å². The number of carbonyl (C=O) groups excluding carboxylic acids is 2. The van der Waals surface area contributed by atoms with Crippen molar-refractivity contribution < 1.29 is 14.3 Å². The van der Waals surface area contributed by atoms with Crippen LogP contribution in [0.4, 0.5) is 5.69 Å². The van der Waals surface area contributed by atoms with Crippen LogP contribution >= 0.6 is 24.0 Å². The molecule has 1 aliphatic rings. The van der Waals surface area contributed by atoms with Gasteiger partial charge < -0.3 is 10.1 Å². The Morgan fingerprint density at radius 3 is 2.54 bits per heavy atom. The molecule has 0 saturated carbocycles. The molecule has 144 valence electrons. The minimum Gasteiger partial charge on any atom is -0.497 e. The maximum atomic E-state index is 12.9. The molecular formula is C21H20N2O3S2. The molecular weight excluding hydrogens is 392 g/mol. The van der Waals surface area contributed by atoms with Crippen LogP contribution in [0.15, 0.2) is 53.4 Å². The number of hydrogen-bond donors (Lipinski definition) is 1. The molecule has 7 heteroatoms. The molecule has 0 aromatic heterocycles. The van der Waals surface area contributed by atoms with Crippen molar-refractivity contribution in [2.24, 2.45) is 0 Å². The average molecular weight is 413 g/mol. The molecule has 1 aliphatic heterocycles. The molecule has 28 heavy (non-hydrogen) atoms. The lowest BCUT2D eigenvalue weighted by molar-refractivity contribution is -0.129. The lowest BCUT2D eigenvalue weighted by atomic mass is 10.1. The fraction of sp³-hybridized carbons (Fsp3) is 0.190. The number of nitrogens with zero attached hydrogens (tertiary/aromatic N) is 1. The third kappa shape index (κ3) is 4.26. The summed E-state index contributed by atoms with van der Waals surface area (Å²) >= 11 is 6.58. The van der Waals surface area contributed by atoms with Gasteiger partial charge in [0, 0.05) is 5.69 Å². The SMILES string of the molecule is COc1ccc(NC(=O)C(C)N2C(=O)/C(=C/c3ccccc3C)SC2=S)cc1. The number of rotatable bonds is 5. The number of hydrogen-bond acceptors (Lipinski definition) is 5. The molecule has 1 N–H and O–H groups in total. The van der Waals surface area contributed by atoms with E-state index in [-0.39, 0.29) is 11.8 Å². The maximum Gasteiger partial charge on any atom is 0.266 e. The monoisotopic (exact) mass is 412 g/mol.